The molecule has 3 N–H and O–H groups in total. The molecule has 0 aliphatic heterocycles. The smallest absolute Gasteiger partial charge is 0.243 e. The van der Waals surface area contributed by atoms with Crippen LogP contribution in [0.3, 0.4) is 0 Å². The van der Waals surface area contributed by atoms with Gasteiger partial charge in [0.15, 0.2) is 0 Å². The van der Waals surface area contributed by atoms with Crippen molar-refractivity contribution < 1.29 is 9.53 Å². The highest BCUT2D eigenvalue weighted by molar-refractivity contribution is 5.88. The van der Waals surface area contributed by atoms with E-state index in [9.17, 15) is 4.79 Å². The Morgan fingerprint density at radius 1 is 1.56 bits per heavy atom. The Kier molecular flexibility index (Phi) is 3.45. The van der Waals surface area contributed by atoms with Gasteiger partial charge in [-0.3, -0.25) is 4.79 Å². The van der Waals surface area contributed by atoms with E-state index in [-0.39, 0.29) is 5.91 Å². The molecule has 1 aliphatic carbocycles. The topological polar surface area (TPSA) is 64.3 Å². The zero-order valence-corrected chi connectivity index (χ0v) is 10.9. The van der Waals surface area contributed by atoms with Crippen molar-refractivity contribution in [3.05, 3.63) is 24.3 Å². The summed E-state index contributed by atoms with van der Waals surface area (Å²) in [4.78, 5) is 11.8. The van der Waals surface area contributed by atoms with E-state index in [1.807, 2.05) is 24.3 Å². The summed E-state index contributed by atoms with van der Waals surface area (Å²) in [6, 6.07) is 7.58. The Morgan fingerprint density at radius 2 is 2.33 bits per heavy atom. The van der Waals surface area contributed by atoms with Gasteiger partial charge in [0.25, 0.3) is 0 Å². The quantitative estimate of drug-likeness (QED) is 0.858. The fraction of sp³-hybridized carbons (Fsp3) is 0.500. The number of ether oxygens (including phenoxy) is 1. The molecule has 2 unspecified atom stereocenters. The van der Waals surface area contributed by atoms with Crippen LogP contribution >= 0.6 is 0 Å². The maximum Gasteiger partial charge on any atom is 0.243 e. The van der Waals surface area contributed by atoms with Crippen molar-refractivity contribution in [2.75, 3.05) is 12.4 Å². The van der Waals surface area contributed by atoms with Gasteiger partial charge in [0, 0.05) is 11.8 Å². The zero-order valence-electron chi connectivity index (χ0n) is 10.9. The van der Waals surface area contributed by atoms with Gasteiger partial charge in [-0.1, -0.05) is 13.0 Å². The summed E-state index contributed by atoms with van der Waals surface area (Å²) in [5, 5.41) is 3.30. The molecule has 0 spiro atoms. The first kappa shape index (κ1) is 12.7. The Morgan fingerprint density at radius 3 is 2.89 bits per heavy atom. The maximum atomic E-state index is 11.8. The molecular weight excluding hydrogens is 228 g/mol. The number of rotatable bonds is 4. The minimum Gasteiger partial charge on any atom is -0.497 e. The number of nitrogens with one attached hydrogen (secondary N) is 1. The lowest BCUT2D eigenvalue weighted by Gasteiger charge is -2.28. The molecule has 2 atom stereocenters. The molecule has 4 heteroatoms. The third-order valence-electron chi connectivity index (χ3n) is 3.69. The number of primary amides is 1. The molecule has 0 aromatic heterocycles. The Bertz CT molecular complexity index is 447. The third kappa shape index (κ3) is 2.42. The predicted octanol–water partition coefficient (Wildman–Crippen LogP) is 2.15. The van der Waals surface area contributed by atoms with E-state index in [0.717, 1.165) is 30.7 Å². The van der Waals surface area contributed by atoms with Crippen LogP contribution in [0, 0.1) is 5.92 Å². The summed E-state index contributed by atoms with van der Waals surface area (Å²) in [6.45, 7) is 2.15. The molecule has 1 aromatic carbocycles. The van der Waals surface area contributed by atoms with Crippen molar-refractivity contribution >= 4 is 11.6 Å². The molecule has 1 saturated carbocycles. The second-order valence-corrected chi connectivity index (χ2v) is 5.15. The Balaban J connectivity index is 2.21. The van der Waals surface area contributed by atoms with Crippen LogP contribution in [-0.4, -0.2) is 18.6 Å². The number of hydrogen-bond donors (Lipinski definition) is 2. The van der Waals surface area contributed by atoms with Crippen LogP contribution in [0.1, 0.15) is 26.2 Å². The summed E-state index contributed by atoms with van der Waals surface area (Å²) in [5.41, 5.74) is 5.85. The minimum absolute atomic E-state index is 0.269. The summed E-state index contributed by atoms with van der Waals surface area (Å²) >= 11 is 0. The summed E-state index contributed by atoms with van der Waals surface area (Å²) in [7, 11) is 1.63. The van der Waals surface area contributed by atoms with Crippen LogP contribution in [0.4, 0.5) is 5.69 Å². The predicted molar refractivity (Wildman–Crippen MR) is 71.6 cm³/mol. The molecule has 0 heterocycles. The number of carbonyl (C=O) groups excluding carboxylic acids is 1. The lowest BCUT2D eigenvalue weighted by molar-refractivity contribution is -0.122. The molecule has 4 nitrogen and oxygen atoms in total. The van der Waals surface area contributed by atoms with Crippen LogP contribution < -0.4 is 15.8 Å². The molecule has 1 fully saturated rings. The molecule has 2 rings (SSSR count). The minimum atomic E-state index is -0.605. The van der Waals surface area contributed by atoms with Crippen molar-refractivity contribution in [1.82, 2.24) is 0 Å². The number of amides is 1. The van der Waals surface area contributed by atoms with E-state index in [0.29, 0.717) is 5.92 Å². The van der Waals surface area contributed by atoms with Gasteiger partial charge in [0.05, 0.1) is 7.11 Å². The van der Waals surface area contributed by atoms with E-state index in [1.54, 1.807) is 7.11 Å². The third-order valence-corrected chi connectivity index (χ3v) is 3.69. The largest absolute Gasteiger partial charge is 0.497 e. The van der Waals surface area contributed by atoms with Gasteiger partial charge in [-0.2, -0.15) is 0 Å². The normalized spacial score (nSPS) is 26.9. The lowest BCUT2D eigenvalue weighted by Crippen LogP contribution is -2.48. The van der Waals surface area contributed by atoms with Crippen LogP contribution in [0.15, 0.2) is 24.3 Å². The summed E-state index contributed by atoms with van der Waals surface area (Å²) in [6.07, 6.45) is 2.61. The maximum absolute atomic E-state index is 11.8. The first-order valence-corrected chi connectivity index (χ1v) is 6.28. The van der Waals surface area contributed by atoms with Crippen LogP contribution in [0.5, 0.6) is 5.75 Å². The molecule has 1 aromatic rings. The monoisotopic (exact) mass is 248 g/mol. The average Bonchev–Trinajstić information content (AvgIpc) is 2.72. The van der Waals surface area contributed by atoms with Crippen molar-refractivity contribution in [3.8, 4) is 5.75 Å². The highest BCUT2D eigenvalue weighted by Gasteiger charge is 2.42. The van der Waals surface area contributed by atoms with Gasteiger partial charge in [-0.15, -0.1) is 0 Å². The van der Waals surface area contributed by atoms with E-state index < -0.39 is 5.54 Å². The molecule has 0 radical (unpaired) electrons. The zero-order chi connectivity index (χ0) is 13.2. The van der Waals surface area contributed by atoms with Crippen molar-refractivity contribution in [2.24, 2.45) is 11.7 Å². The second kappa shape index (κ2) is 4.88. The van der Waals surface area contributed by atoms with Gasteiger partial charge in [0.2, 0.25) is 5.91 Å². The average molecular weight is 248 g/mol. The number of carbonyl (C=O) groups is 1. The number of hydrogen-bond acceptors (Lipinski definition) is 3. The highest BCUT2D eigenvalue weighted by Crippen LogP contribution is 2.37. The van der Waals surface area contributed by atoms with E-state index in [2.05, 4.69) is 12.2 Å². The number of nitrogens with two attached hydrogens (primary N) is 1. The highest BCUT2D eigenvalue weighted by atomic mass is 16.5. The van der Waals surface area contributed by atoms with Gasteiger partial charge < -0.3 is 15.8 Å². The molecule has 1 amide bonds. The number of methoxy groups -OCH3 is 1. The summed E-state index contributed by atoms with van der Waals surface area (Å²) < 4.78 is 5.18. The van der Waals surface area contributed by atoms with Crippen LogP contribution in [0.25, 0.3) is 0 Å². The van der Waals surface area contributed by atoms with Crippen molar-refractivity contribution in [2.45, 2.75) is 31.7 Å². The SMILES string of the molecule is COc1cccc(NC2(C(N)=O)CCC(C)C2)c1. The Hall–Kier alpha value is -1.71. The van der Waals surface area contributed by atoms with E-state index >= 15 is 0 Å². The lowest BCUT2D eigenvalue weighted by atomic mass is 9.95. The molecular formula is C14H20N2O2. The molecule has 98 valence electrons. The standard InChI is InChI=1S/C14H20N2O2/c1-10-6-7-14(9-10,13(15)17)16-11-4-3-5-12(8-11)18-2/h3-5,8,10,16H,6-7,9H2,1-2H3,(H2,15,17). The van der Waals surface area contributed by atoms with Crippen molar-refractivity contribution in [1.29, 1.82) is 0 Å². The number of anilines is 1. The fourth-order valence-corrected chi connectivity index (χ4v) is 2.67. The molecule has 0 saturated heterocycles. The van der Waals surface area contributed by atoms with Gasteiger partial charge >= 0.3 is 0 Å². The first-order valence-electron chi connectivity index (χ1n) is 6.28. The summed E-state index contributed by atoms with van der Waals surface area (Å²) in [5.74, 6) is 1.02. The fourth-order valence-electron chi connectivity index (χ4n) is 2.67. The van der Waals surface area contributed by atoms with Gasteiger partial charge in [-0.05, 0) is 37.3 Å². The van der Waals surface area contributed by atoms with Crippen molar-refractivity contribution in [3.63, 3.8) is 0 Å². The van der Waals surface area contributed by atoms with Gasteiger partial charge in [-0.25, -0.2) is 0 Å². The van der Waals surface area contributed by atoms with Crippen LogP contribution in [0.2, 0.25) is 0 Å². The van der Waals surface area contributed by atoms with Gasteiger partial charge in [0.1, 0.15) is 11.3 Å². The first-order chi connectivity index (χ1) is 8.55. The molecule has 18 heavy (non-hydrogen) atoms. The second-order valence-electron chi connectivity index (χ2n) is 5.15. The molecule has 1 aliphatic rings. The number of benzene rings is 1. The van der Waals surface area contributed by atoms with E-state index in [4.69, 9.17) is 10.5 Å². The molecule has 0 bridgehead atoms. The van der Waals surface area contributed by atoms with E-state index in [1.165, 1.54) is 0 Å². The van der Waals surface area contributed by atoms with Crippen LogP contribution in [-0.2, 0) is 4.79 Å². The Labute approximate surface area is 108 Å².